The second-order valence-corrected chi connectivity index (χ2v) is 6.49. The minimum atomic E-state index is -0.272. The number of fused-ring (bicyclic) bond motifs is 1. The van der Waals surface area contributed by atoms with Gasteiger partial charge in [0.1, 0.15) is 5.76 Å². The van der Waals surface area contributed by atoms with Crippen LogP contribution < -0.4 is 10.1 Å². The molecule has 0 radical (unpaired) electrons. The summed E-state index contributed by atoms with van der Waals surface area (Å²) in [5.41, 5.74) is 1.73. The number of ether oxygens (including phenoxy) is 1. The van der Waals surface area contributed by atoms with Crippen LogP contribution in [0.25, 0.3) is 11.0 Å². The molecule has 0 saturated heterocycles. The van der Waals surface area contributed by atoms with E-state index in [0.717, 1.165) is 10.9 Å². The van der Waals surface area contributed by atoms with Crippen molar-refractivity contribution in [2.24, 2.45) is 0 Å². The molecule has 142 valence electrons. The quantitative estimate of drug-likeness (QED) is 0.686. The van der Waals surface area contributed by atoms with Gasteiger partial charge < -0.3 is 19.4 Å². The molecule has 0 aliphatic carbocycles. The normalized spacial score (nSPS) is 13.2. The van der Waals surface area contributed by atoms with Crippen molar-refractivity contribution >= 4 is 17.0 Å². The SMILES string of the molecule is CCOc1cccc2cc(C(C)NC(=O)N(C)C(C)c3ccncc3)oc12. The molecule has 2 atom stereocenters. The van der Waals surface area contributed by atoms with Crippen molar-refractivity contribution in [2.75, 3.05) is 13.7 Å². The van der Waals surface area contributed by atoms with Gasteiger partial charge in [-0.05, 0) is 50.6 Å². The molecule has 3 rings (SSSR count). The van der Waals surface area contributed by atoms with Crippen LogP contribution in [-0.4, -0.2) is 29.6 Å². The number of benzene rings is 1. The van der Waals surface area contributed by atoms with Crippen LogP contribution in [0.5, 0.6) is 5.75 Å². The van der Waals surface area contributed by atoms with E-state index in [1.54, 1.807) is 24.3 Å². The van der Waals surface area contributed by atoms with E-state index < -0.39 is 0 Å². The van der Waals surface area contributed by atoms with Crippen LogP contribution in [-0.2, 0) is 0 Å². The Balaban J connectivity index is 1.73. The smallest absolute Gasteiger partial charge is 0.318 e. The second-order valence-electron chi connectivity index (χ2n) is 6.49. The molecule has 2 unspecified atom stereocenters. The highest BCUT2D eigenvalue weighted by atomic mass is 16.5. The minimum absolute atomic E-state index is 0.0690. The van der Waals surface area contributed by atoms with E-state index in [4.69, 9.17) is 9.15 Å². The average molecular weight is 367 g/mol. The largest absolute Gasteiger partial charge is 0.490 e. The lowest BCUT2D eigenvalue weighted by molar-refractivity contribution is 0.189. The third-order valence-electron chi connectivity index (χ3n) is 4.68. The Kier molecular flexibility index (Phi) is 5.64. The topological polar surface area (TPSA) is 67.6 Å². The monoisotopic (exact) mass is 367 g/mol. The number of aromatic nitrogens is 1. The summed E-state index contributed by atoms with van der Waals surface area (Å²) in [4.78, 5) is 18.3. The molecule has 2 heterocycles. The number of carbonyl (C=O) groups excluding carboxylic acids is 1. The van der Waals surface area contributed by atoms with Gasteiger partial charge in [-0.25, -0.2) is 4.79 Å². The van der Waals surface area contributed by atoms with Crippen molar-refractivity contribution in [3.8, 4) is 5.75 Å². The summed E-state index contributed by atoms with van der Waals surface area (Å²) in [6, 6.07) is 11.0. The fraction of sp³-hybridized carbons (Fsp3) is 0.333. The summed E-state index contributed by atoms with van der Waals surface area (Å²) in [5.74, 6) is 1.40. The molecule has 0 bridgehead atoms. The molecular weight excluding hydrogens is 342 g/mol. The van der Waals surface area contributed by atoms with E-state index in [9.17, 15) is 4.79 Å². The van der Waals surface area contributed by atoms with Crippen LogP contribution in [0.2, 0.25) is 0 Å². The lowest BCUT2D eigenvalue weighted by Gasteiger charge is -2.26. The number of nitrogens with one attached hydrogen (secondary N) is 1. The molecule has 6 nitrogen and oxygen atoms in total. The molecule has 0 aliphatic heterocycles. The van der Waals surface area contributed by atoms with Crippen LogP contribution in [0.15, 0.2) is 53.2 Å². The Morgan fingerprint density at radius 1 is 1.26 bits per heavy atom. The van der Waals surface area contributed by atoms with E-state index in [2.05, 4.69) is 10.3 Å². The highest BCUT2D eigenvalue weighted by Crippen LogP contribution is 2.31. The second kappa shape index (κ2) is 8.12. The number of hydrogen-bond donors (Lipinski definition) is 1. The molecule has 1 aromatic carbocycles. The first-order chi connectivity index (χ1) is 13.0. The standard InChI is InChI=1S/C21H25N3O3/c1-5-26-18-8-6-7-17-13-19(27-20(17)18)14(2)23-21(25)24(4)15(3)16-9-11-22-12-10-16/h6-15H,5H2,1-4H3,(H,23,25). The number of amides is 2. The van der Waals surface area contributed by atoms with Crippen LogP contribution in [0.1, 0.15) is 44.2 Å². The van der Waals surface area contributed by atoms with Gasteiger partial charge in [-0.1, -0.05) is 12.1 Å². The van der Waals surface area contributed by atoms with Gasteiger partial charge in [0.15, 0.2) is 11.3 Å². The molecule has 0 aliphatic rings. The number of rotatable bonds is 6. The van der Waals surface area contributed by atoms with Gasteiger partial charge in [-0.2, -0.15) is 0 Å². The summed E-state index contributed by atoms with van der Waals surface area (Å²) in [7, 11) is 1.78. The molecule has 6 heteroatoms. The average Bonchev–Trinajstić information content (AvgIpc) is 3.13. The number of urea groups is 1. The van der Waals surface area contributed by atoms with E-state index in [-0.39, 0.29) is 18.1 Å². The maximum atomic E-state index is 12.7. The molecule has 0 saturated carbocycles. The molecule has 3 aromatic rings. The highest BCUT2D eigenvalue weighted by molar-refractivity contribution is 5.84. The number of carbonyl (C=O) groups is 1. The molecule has 0 spiro atoms. The minimum Gasteiger partial charge on any atom is -0.490 e. The first-order valence-corrected chi connectivity index (χ1v) is 9.09. The van der Waals surface area contributed by atoms with E-state index in [1.807, 2.05) is 57.2 Å². The molecule has 27 heavy (non-hydrogen) atoms. The van der Waals surface area contributed by atoms with E-state index in [1.165, 1.54) is 0 Å². The number of hydrogen-bond acceptors (Lipinski definition) is 4. The van der Waals surface area contributed by atoms with Crippen molar-refractivity contribution in [1.29, 1.82) is 0 Å². The third-order valence-corrected chi connectivity index (χ3v) is 4.68. The summed E-state index contributed by atoms with van der Waals surface area (Å²) >= 11 is 0. The van der Waals surface area contributed by atoms with E-state index >= 15 is 0 Å². The van der Waals surface area contributed by atoms with Gasteiger partial charge in [-0.3, -0.25) is 4.98 Å². The Labute approximate surface area is 159 Å². The van der Waals surface area contributed by atoms with E-state index in [0.29, 0.717) is 23.7 Å². The van der Waals surface area contributed by atoms with Gasteiger partial charge in [0, 0.05) is 24.8 Å². The molecule has 1 N–H and O–H groups in total. The third kappa shape index (κ3) is 4.05. The summed E-state index contributed by atoms with van der Waals surface area (Å²) in [5, 5.41) is 3.95. The maximum absolute atomic E-state index is 12.7. The fourth-order valence-electron chi connectivity index (χ4n) is 2.94. The van der Waals surface area contributed by atoms with Gasteiger partial charge in [0.05, 0.1) is 18.7 Å². The van der Waals surface area contributed by atoms with Crippen molar-refractivity contribution in [1.82, 2.24) is 15.2 Å². The van der Waals surface area contributed by atoms with Crippen LogP contribution in [0.3, 0.4) is 0 Å². The Bertz CT molecular complexity index is 907. The van der Waals surface area contributed by atoms with Crippen LogP contribution in [0, 0.1) is 0 Å². The summed E-state index contributed by atoms with van der Waals surface area (Å²) < 4.78 is 11.6. The van der Waals surface area contributed by atoms with Crippen LogP contribution >= 0.6 is 0 Å². The highest BCUT2D eigenvalue weighted by Gasteiger charge is 2.21. The van der Waals surface area contributed by atoms with Gasteiger partial charge in [0.2, 0.25) is 0 Å². The van der Waals surface area contributed by atoms with Crippen molar-refractivity contribution in [3.05, 3.63) is 60.1 Å². The fourth-order valence-corrected chi connectivity index (χ4v) is 2.94. The van der Waals surface area contributed by atoms with Gasteiger partial charge >= 0.3 is 6.03 Å². The number of furan rings is 1. The molecule has 0 fully saturated rings. The van der Waals surface area contributed by atoms with Crippen LogP contribution in [0.4, 0.5) is 4.79 Å². The summed E-state index contributed by atoms with van der Waals surface area (Å²) in [6.07, 6.45) is 3.45. The zero-order chi connectivity index (χ0) is 19.4. The first-order valence-electron chi connectivity index (χ1n) is 9.09. The number of para-hydroxylation sites is 1. The Morgan fingerprint density at radius 3 is 2.70 bits per heavy atom. The number of pyridine rings is 1. The zero-order valence-corrected chi connectivity index (χ0v) is 16.1. The first kappa shape index (κ1) is 18.8. The Morgan fingerprint density at radius 2 is 2.00 bits per heavy atom. The lowest BCUT2D eigenvalue weighted by atomic mass is 10.1. The predicted octanol–water partition coefficient (Wildman–Crippen LogP) is 4.69. The number of nitrogens with zero attached hydrogens (tertiary/aromatic N) is 2. The van der Waals surface area contributed by atoms with Crippen molar-refractivity contribution in [3.63, 3.8) is 0 Å². The maximum Gasteiger partial charge on any atom is 0.318 e. The molecular formula is C21H25N3O3. The molecule has 2 amide bonds. The van der Waals surface area contributed by atoms with Crippen molar-refractivity contribution in [2.45, 2.75) is 32.9 Å². The van der Waals surface area contributed by atoms with Gasteiger partial charge in [-0.15, -0.1) is 0 Å². The Hall–Kier alpha value is -3.02. The predicted molar refractivity (Wildman–Crippen MR) is 105 cm³/mol. The summed E-state index contributed by atoms with van der Waals surface area (Å²) in [6.45, 7) is 6.39. The molecule has 2 aromatic heterocycles. The zero-order valence-electron chi connectivity index (χ0n) is 16.1. The lowest BCUT2D eigenvalue weighted by Crippen LogP contribution is -2.39. The van der Waals surface area contributed by atoms with Gasteiger partial charge in [0.25, 0.3) is 0 Å². The van der Waals surface area contributed by atoms with Crippen molar-refractivity contribution < 1.29 is 13.9 Å².